The number of benzene rings is 1. The molecular formula is C19H27N5O2. The third kappa shape index (κ3) is 5.31. The number of nitrogens with one attached hydrogen (secondary N) is 2. The number of anilines is 1. The van der Waals surface area contributed by atoms with Crippen molar-refractivity contribution in [1.29, 1.82) is 0 Å². The molecule has 1 saturated heterocycles. The highest BCUT2D eigenvalue weighted by Crippen LogP contribution is 2.16. The summed E-state index contributed by atoms with van der Waals surface area (Å²) in [4.78, 5) is 18.6. The summed E-state index contributed by atoms with van der Waals surface area (Å²) >= 11 is 0. The Bertz CT molecular complexity index is 672. The van der Waals surface area contributed by atoms with Crippen LogP contribution < -0.4 is 10.6 Å². The molecule has 1 atom stereocenters. The summed E-state index contributed by atoms with van der Waals surface area (Å²) in [5.74, 6) is 0.520. The van der Waals surface area contributed by atoms with Gasteiger partial charge in [0.2, 0.25) is 0 Å². The van der Waals surface area contributed by atoms with Crippen molar-refractivity contribution >= 4 is 11.7 Å². The highest BCUT2D eigenvalue weighted by Gasteiger charge is 2.22. The van der Waals surface area contributed by atoms with E-state index >= 15 is 0 Å². The Labute approximate surface area is 154 Å². The van der Waals surface area contributed by atoms with Gasteiger partial charge in [-0.15, -0.1) is 0 Å². The molecule has 0 spiro atoms. The molecule has 0 aliphatic carbocycles. The van der Waals surface area contributed by atoms with Crippen LogP contribution in [0.5, 0.6) is 0 Å². The van der Waals surface area contributed by atoms with E-state index in [4.69, 9.17) is 4.74 Å². The molecule has 2 aromatic rings. The van der Waals surface area contributed by atoms with Crippen molar-refractivity contribution in [3.8, 4) is 5.69 Å². The molecule has 1 aliphatic heterocycles. The van der Waals surface area contributed by atoms with E-state index in [0.29, 0.717) is 12.5 Å². The lowest BCUT2D eigenvalue weighted by Gasteiger charge is -2.16. The second kappa shape index (κ2) is 9.35. The molecule has 7 nitrogen and oxygen atoms in total. The van der Waals surface area contributed by atoms with Gasteiger partial charge in [-0.3, -0.25) is 0 Å². The molecule has 7 heteroatoms. The Kier molecular flexibility index (Phi) is 6.62. The number of hydrogen-bond donors (Lipinski definition) is 2. The molecule has 2 amide bonds. The average Bonchev–Trinajstić information content (AvgIpc) is 3.33. The maximum absolute atomic E-state index is 12.1. The van der Waals surface area contributed by atoms with Gasteiger partial charge in [0, 0.05) is 57.1 Å². The number of carbonyl (C=O) groups is 1. The first-order valence-electron chi connectivity index (χ1n) is 9.09. The zero-order valence-corrected chi connectivity index (χ0v) is 15.2. The van der Waals surface area contributed by atoms with Crippen molar-refractivity contribution in [3.05, 3.63) is 43.0 Å². The molecule has 3 rings (SSSR count). The number of hydrogen-bond acceptors (Lipinski definition) is 4. The summed E-state index contributed by atoms with van der Waals surface area (Å²) in [7, 11) is 1.74. The Hall–Kier alpha value is -2.38. The van der Waals surface area contributed by atoms with Crippen LogP contribution in [0.4, 0.5) is 10.5 Å². The van der Waals surface area contributed by atoms with Crippen LogP contribution in [0.2, 0.25) is 0 Å². The molecule has 1 aromatic heterocycles. The van der Waals surface area contributed by atoms with Gasteiger partial charge in [-0.25, -0.2) is 9.78 Å². The maximum Gasteiger partial charge on any atom is 0.319 e. The predicted molar refractivity (Wildman–Crippen MR) is 102 cm³/mol. The summed E-state index contributed by atoms with van der Waals surface area (Å²) in [6, 6.07) is 7.53. The number of likely N-dealkylation sites (tertiary alicyclic amines) is 1. The van der Waals surface area contributed by atoms with Gasteiger partial charge in [-0.2, -0.15) is 0 Å². The van der Waals surface area contributed by atoms with Crippen LogP contribution in [-0.4, -0.2) is 60.4 Å². The van der Waals surface area contributed by atoms with Gasteiger partial charge in [0.15, 0.2) is 0 Å². The van der Waals surface area contributed by atoms with Crippen molar-refractivity contribution in [1.82, 2.24) is 19.8 Å². The molecule has 1 aromatic carbocycles. The monoisotopic (exact) mass is 357 g/mol. The van der Waals surface area contributed by atoms with Gasteiger partial charge in [-0.1, -0.05) is 0 Å². The molecule has 0 saturated carbocycles. The highest BCUT2D eigenvalue weighted by atomic mass is 16.5. The predicted octanol–water partition coefficient (Wildman–Crippen LogP) is 2.35. The number of carbonyl (C=O) groups excluding carboxylic acids is 1. The first-order chi connectivity index (χ1) is 12.7. The molecule has 1 unspecified atom stereocenters. The van der Waals surface area contributed by atoms with Crippen LogP contribution in [0.1, 0.15) is 12.8 Å². The Balaban J connectivity index is 1.38. The lowest BCUT2D eigenvalue weighted by Crippen LogP contribution is -2.34. The van der Waals surface area contributed by atoms with Crippen LogP contribution in [0.3, 0.4) is 0 Å². The minimum atomic E-state index is -0.154. The second-order valence-corrected chi connectivity index (χ2v) is 6.65. The maximum atomic E-state index is 12.1. The Morgan fingerprint density at radius 1 is 1.35 bits per heavy atom. The van der Waals surface area contributed by atoms with Crippen LogP contribution in [-0.2, 0) is 4.74 Å². The van der Waals surface area contributed by atoms with Crippen molar-refractivity contribution in [2.45, 2.75) is 12.8 Å². The van der Waals surface area contributed by atoms with E-state index < -0.39 is 0 Å². The van der Waals surface area contributed by atoms with Gasteiger partial charge in [-0.05, 0) is 49.6 Å². The van der Waals surface area contributed by atoms with E-state index in [0.717, 1.165) is 50.5 Å². The van der Waals surface area contributed by atoms with Crippen molar-refractivity contribution in [2.75, 3.05) is 45.2 Å². The summed E-state index contributed by atoms with van der Waals surface area (Å²) in [5.41, 5.74) is 1.78. The largest absolute Gasteiger partial charge is 0.385 e. The lowest BCUT2D eigenvalue weighted by atomic mass is 10.1. The fourth-order valence-corrected chi connectivity index (χ4v) is 3.26. The summed E-state index contributed by atoms with van der Waals surface area (Å²) in [6.07, 6.45) is 7.56. The summed E-state index contributed by atoms with van der Waals surface area (Å²) in [6.45, 7) is 4.73. The van der Waals surface area contributed by atoms with Crippen LogP contribution in [0.15, 0.2) is 43.0 Å². The lowest BCUT2D eigenvalue weighted by molar-refractivity contribution is 0.178. The molecule has 0 radical (unpaired) electrons. The Morgan fingerprint density at radius 2 is 2.19 bits per heavy atom. The molecule has 1 fully saturated rings. The van der Waals surface area contributed by atoms with Crippen LogP contribution in [0, 0.1) is 5.92 Å². The van der Waals surface area contributed by atoms with Crippen molar-refractivity contribution in [2.24, 2.45) is 5.92 Å². The molecule has 26 heavy (non-hydrogen) atoms. The minimum Gasteiger partial charge on any atom is -0.385 e. The van der Waals surface area contributed by atoms with E-state index in [1.165, 1.54) is 0 Å². The molecular weight excluding hydrogens is 330 g/mol. The number of rotatable bonds is 8. The molecule has 1 aliphatic rings. The molecule has 0 bridgehead atoms. The number of ether oxygens (including phenoxy) is 1. The van der Waals surface area contributed by atoms with Gasteiger partial charge >= 0.3 is 6.03 Å². The smallest absolute Gasteiger partial charge is 0.319 e. The fourth-order valence-electron chi connectivity index (χ4n) is 3.26. The van der Waals surface area contributed by atoms with Crippen LogP contribution in [0.25, 0.3) is 5.69 Å². The minimum absolute atomic E-state index is 0.154. The topological polar surface area (TPSA) is 71.4 Å². The van der Waals surface area contributed by atoms with Gasteiger partial charge in [0.25, 0.3) is 0 Å². The number of methoxy groups -OCH3 is 1. The third-order valence-corrected chi connectivity index (χ3v) is 4.67. The average molecular weight is 357 g/mol. The summed E-state index contributed by atoms with van der Waals surface area (Å²) < 4.78 is 7.01. The summed E-state index contributed by atoms with van der Waals surface area (Å²) in [5, 5.41) is 5.87. The SMILES string of the molecule is COCCCN1CCC(CNC(=O)Nc2ccc(-n3ccnc3)cc2)C1. The van der Waals surface area contributed by atoms with Crippen molar-refractivity contribution < 1.29 is 9.53 Å². The van der Waals surface area contributed by atoms with E-state index in [1.54, 1.807) is 19.6 Å². The number of urea groups is 1. The normalized spacial score (nSPS) is 17.3. The number of aromatic nitrogens is 2. The second-order valence-electron chi connectivity index (χ2n) is 6.65. The Morgan fingerprint density at radius 3 is 2.92 bits per heavy atom. The van der Waals surface area contributed by atoms with Gasteiger partial charge in [0.1, 0.15) is 0 Å². The molecule has 2 N–H and O–H groups in total. The third-order valence-electron chi connectivity index (χ3n) is 4.67. The standard InChI is InChI=1S/C19H27N5O2/c1-26-12-2-9-23-10-7-16(14-23)13-21-19(25)22-17-3-5-18(6-4-17)24-11-8-20-15-24/h3-6,8,11,15-16H,2,7,9-10,12-14H2,1H3,(H2,21,22,25). The molecule has 2 heterocycles. The van der Waals surface area contributed by atoms with E-state index in [1.807, 2.05) is 35.0 Å². The first-order valence-corrected chi connectivity index (χ1v) is 9.09. The highest BCUT2D eigenvalue weighted by molar-refractivity contribution is 5.89. The zero-order chi connectivity index (χ0) is 18.2. The van der Waals surface area contributed by atoms with E-state index in [-0.39, 0.29) is 6.03 Å². The van der Waals surface area contributed by atoms with Crippen molar-refractivity contribution in [3.63, 3.8) is 0 Å². The van der Waals surface area contributed by atoms with E-state index in [9.17, 15) is 4.79 Å². The number of nitrogens with zero attached hydrogens (tertiary/aromatic N) is 3. The number of amides is 2. The quantitative estimate of drug-likeness (QED) is 0.712. The van der Waals surface area contributed by atoms with Gasteiger partial charge in [0.05, 0.1) is 6.33 Å². The van der Waals surface area contributed by atoms with Crippen LogP contribution >= 0.6 is 0 Å². The number of imidazole rings is 1. The zero-order valence-electron chi connectivity index (χ0n) is 15.2. The first kappa shape index (κ1) is 18.4. The molecule has 140 valence electrons. The fraction of sp³-hybridized carbons (Fsp3) is 0.474. The van der Waals surface area contributed by atoms with E-state index in [2.05, 4.69) is 20.5 Å². The van der Waals surface area contributed by atoms with Gasteiger partial charge < -0.3 is 24.8 Å².